The second-order valence-electron chi connectivity index (χ2n) is 4.33. The molecular weight excluding hydrogens is 218 g/mol. The summed E-state index contributed by atoms with van der Waals surface area (Å²) in [6.45, 7) is 1.97. The number of benzene rings is 1. The molecule has 0 spiro atoms. The molecule has 0 radical (unpaired) electrons. The van der Waals surface area contributed by atoms with E-state index in [2.05, 4.69) is 0 Å². The topological polar surface area (TPSA) is 0 Å². The van der Waals surface area contributed by atoms with Gasteiger partial charge < -0.3 is 0 Å². The van der Waals surface area contributed by atoms with Crippen molar-refractivity contribution in [2.75, 3.05) is 0 Å². The summed E-state index contributed by atoms with van der Waals surface area (Å²) in [4.78, 5) is 0. The van der Waals surface area contributed by atoms with Crippen LogP contribution in [0.25, 0.3) is 6.08 Å². The Morgan fingerprint density at radius 2 is 2.06 bits per heavy atom. The molecule has 0 fully saturated rings. The summed E-state index contributed by atoms with van der Waals surface area (Å²) < 4.78 is 26.1. The first-order chi connectivity index (χ1) is 8.13. The smallest absolute Gasteiger partial charge is 0.123 e. The number of halogens is 2. The number of rotatable bonds is 2. The predicted octanol–water partition coefficient (Wildman–Crippen LogP) is 4.66. The summed E-state index contributed by atoms with van der Waals surface area (Å²) in [5, 5.41) is 0. The second-order valence-corrected chi connectivity index (χ2v) is 4.33. The van der Waals surface area contributed by atoms with E-state index in [9.17, 15) is 8.78 Å². The van der Waals surface area contributed by atoms with Crippen molar-refractivity contribution in [3.05, 3.63) is 65.3 Å². The monoisotopic (exact) mass is 232 g/mol. The summed E-state index contributed by atoms with van der Waals surface area (Å²) in [6.07, 6.45) is 7.60. The van der Waals surface area contributed by atoms with Crippen molar-refractivity contribution in [3.8, 4) is 0 Å². The molecule has 1 aliphatic rings. The van der Waals surface area contributed by atoms with E-state index >= 15 is 0 Å². The molecule has 0 saturated heterocycles. The van der Waals surface area contributed by atoms with Crippen LogP contribution >= 0.6 is 0 Å². The summed E-state index contributed by atoms with van der Waals surface area (Å²) >= 11 is 0. The van der Waals surface area contributed by atoms with Gasteiger partial charge in [-0.2, -0.15) is 0 Å². The van der Waals surface area contributed by atoms with Crippen molar-refractivity contribution in [3.63, 3.8) is 0 Å². The quantitative estimate of drug-likeness (QED) is 0.695. The average Bonchev–Trinajstić information content (AvgIpc) is 2.25. The van der Waals surface area contributed by atoms with Gasteiger partial charge in [0, 0.05) is 6.42 Å². The van der Waals surface area contributed by atoms with Crippen molar-refractivity contribution in [1.82, 2.24) is 0 Å². The fourth-order valence-electron chi connectivity index (χ4n) is 1.89. The fourth-order valence-corrected chi connectivity index (χ4v) is 1.89. The zero-order chi connectivity index (χ0) is 12.3. The van der Waals surface area contributed by atoms with Gasteiger partial charge in [0.1, 0.15) is 11.6 Å². The van der Waals surface area contributed by atoms with E-state index in [1.807, 2.05) is 25.1 Å². The highest BCUT2D eigenvalue weighted by molar-refractivity contribution is 5.55. The van der Waals surface area contributed by atoms with Gasteiger partial charge in [-0.05, 0) is 35.3 Å². The van der Waals surface area contributed by atoms with Gasteiger partial charge in [0.25, 0.3) is 0 Å². The van der Waals surface area contributed by atoms with Gasteiger partial charge >= 0.3 is 0 Å². The Morgan fingerprint density at radius 1 is 1.24 bits per heavy atom. The third kappa shape index (κ3) is 3.38. The Morgan fingerprint density at radius 3 is 2.76 bits per heavy atom. The molecule has 0 aliphatic heterocycles. The molecule has 1 aliphatic carbocycles. The molecule has 17 heavy (non-hydrogen) atoms. The highest BCUT2D eigenvalue weighted by Gasteiger charge is 2.09. The fraction of sp³-hybridized carbons (Fsp3) is 0.200. The summed E-state index contributed by atoms with van der Waals surface area (Å²) in [6, 6.07) is 6.32. The molecule has 1 aromatic carbocycles. The van der Waals surface area contributed by atoms with Crippen molar-refractivity contribution >= 4 is 6.08 Å². The van der Waals surface area contributed by atoms with Crippen LogP contribution < -0.4 is 0 Å². The lowest BCUT2D eigenvalue weighted by Gasteiger charge is -2.11. The van der Waals surface area contributed by atoms with Gasteiger partial charge in [-0.25, -0.2) is 8.78 Å². The van der Waals surface area contributed by atoms with Crippen molar-refractivity contribution < 1.29 is 8.78 Å². The maximum Gasteiger partial charge on any atom is 0.123 e. The number of hydrogen-bond donors (Lipinski definition) is 0. The van der Waals surface area contributed by atoms with Crippen molar-refractivity contribution in [1.29, 1.82) is 0 Å². The Kier molecular flexibility index (Phi) is 3.52. The average molecular weight is 232 g/mol. The maximum absolute atomic E-state index is 13.2. The molecule has 1 aromatic rings. The first-order valence-corrected chi connectivity index (χ1v) is 5.65. The Balaban J connectivity index is 2.16. The normalized spacial score (nSPS) is 20.3. The lowest BCUT2D eigenvalue weighted by molar-refractivity contribution is 0.533. The molecule has 2 rings (SSSR count). The van der Waals surface area contributed by atoms with Crippen LogP contribution in [0.5, 0.6) is 0 Å². The highest BCUT2D eigenvalue weighted by Crippen LogP contribution is 2.24. The van der Waals surface area contributed by atoms with Crippen LogP contribution in [-0.2, 0) is 0 Å². The zero-order valence-electron chi connectivity index (χ0n) is 9.66. The second kappa shape index (κ2) is 5.09. The first kappa shape index (κ1) is 11.8. The molecule has 0 N–H and O–H groups in total. The molecule has 88 valence electrons. The summed E-state index contributed by atoms with van der Waals surface area (Å²) in [7, 11) is 0. The summed E-state index contributed by atoms with van der Waals surface area (Å²) in [5.41, 5.74) is 1.61. The largest absolute Gasteiger partial charge is 0.212 e. The summed E-state index contributed by atoms with van der Waals surface area (Å²) in [5.74, 6) is -0.147. The Bertz CT molecular complexity index is 495. The minimum absolute atomic E-state index is 0.0982. The highest BCUT2D eigenvalue weighted by atomic mass is 19.1. The van der Waals surface area contributed by atoms with Crippen LogP contribution in [0, 0.1) is 11.7 Å². The minimum atomic E-state index is -0.264. The molecule has 2 heteroatoms. The van der Waals surface area contributed by atoms with Gasteiger partial charge in [0.2, 0.25) is 0 Å². The number of allylic oxidation sites excluding steroid dienone is 5. The van der Waals surface area contributed by atoms with Crippen LogP contribution in [-0.4, -0.2) is 0 Å². The number of hydrogen-bond acceptors (Lipinski definition) is 0. The van der Waals surface area contributed by atoms with Gasteiger partial charge in [-0.15, -0.1) is 0 Å². The van der Waals surface area contributed by atoms with E-state index in [4.69, 9.17) is 0 Å². The first-order valence-electron chi connectivity index (χ1n) is 5.65. The van der Waals surface area contributed by atoms with E-state index < -0.39 is 0 Å². The van der Waals surface area contributed by atoms with E-state index in [0.717, 1.165) is 11.1 Å². The lowest BCUT2D eigenvalue weighted by Crippen LogP contribution is -1.97. The Labute approximate surface area is 100.0 Å². The van der Waals surface area contributed by atoms with Crippen molar-refractivity contribution in [2.24, 2.45) is 5.92 Å². The zero-order valence-corrected chi connectivity index (χ0v) is 9.66. The van der Waals surface area contributed by atoms with Gasteiger partial charge in [0.05, 0.1) is 0 Å². The van der Waals surface area contributed by atoms with Gasteiger partial charge in [-0.1, -0.05) is 37.3 Å². The van der Waals surface area contributed by atoms with Crippen LogP contribution in [0.1, 0.15) is 18.9 Å². The molecule has 0 aromatic heterocycles. The molecule has 0 saturated carbocycles. The van der Waals surface area contributed by atoms with Crippen LogP contribution in [0.15, 0.2) is 53.9 Å². The molecule has 1 atom stereocenters. The molecule has 0 nitrogen and oxygen atoms in total. The molecule has 0 bridgehead atoms. The van der Waals surface area contributed by atoms with Crippen LogP contribution in [0.3, 0.4) is 0 Å². The third-order valence-corrected chi connectivity index (χ3v) is 2.63. The minimum Gasteiger partial charge on any atom is -0.212 e. The predicted molar refractivity (Wildman–Crippen MR) is 66.5 cm³/mol. The van der Waals surface area contributed by atoms with Crippen molar-refractivity contribution in [2.45, 2.75) is 13.3 Å². The molecule has 1 unspecified atom stereocenters. The van der Waals surface area contributed by atoms with Crippen LogP contribution in [0.2, 0.25) is 0 Å². The van der Waals surface area contributed by atoms with E-state index in [1.54, 1.807) is 12.1 Å². The standard InChI is InChI=1S/C15H14F2/c1-11-7-13(10-15(17)8-11)6-5-12-3-2-4-14(16)9-12/h2-7,9-11H,8H2,1H3/b6-5+. The SMILES string of the molecule is CC1C=C(/C=C/c2cccc(F)c2)C=C(F)C1. The molecule has 0 heterocycles. The lowest BCUT2D eigenvalue weighted by atomic mass is 9.96. The van der Waals surface area contributed by atoms with E-state index in [-0.39, 0.29) is 17.6 Å². The maximum atomic E-state index is 13.2. The van der Waals surface area contributed by atoms with E-state index in [1.165, 1.54) is 18.2 Å². The Hall–Kier alpha value is -1.70. The van der Waals surface area contributed by atoms with Gasteiger partial charge in [-0.3, -0.25) is 0 Å². The van der Waals surface area contributed by atoms with E-state index in [0.29, 0.717) is 6.42 Å². The molecule has 0 amide bonds. The molecular formula is C15H14F2. The van der Waals surface area contributed by atoms with Gasteiger partial charge in [0.15, 0.2) is 0 Å². The third-order valence-electron chi connectivity index (χ3n) is 2.63. The van der Waals surface area contributed by atoms with Crippen LogP contribution in [0.4, 0.5) is 8.78 Å².